The molecule has 0 atom stereocenters. The number of carbonyl (C=O) groups excluding carboxylic acids is 2. The molecule has 5 rings (SSSR count). The van der Waals surface area contributed by atoms with Crippen molar-refractivity contribution in [3.05, 3.63) is 71.6 Å². The van der Waals surface area contributed by atoms with Crippen LogP contribution in [0.25, 0.3) is 26.8 Å². The van der Waals surface area contributed by atoms with Gasteiger partial charge in [0.25, 0.3) is 5.91 Å². The lowest BCUT2D eigenvalue weighted by molar-refractivity contribution is -0.118. The van der Waals surface area contributed by atoms with Gasteiger partial charge in [0.1, 0.15) is 23.6 Å². The van der Waals surface area contributed by atoms with Crippen molar-refractivity contribution in [2.45, 2.75) is 13.3 Å². The van der Waals surface area contributed by atoms with E-state index in [9.17, 15) is 18.4 Å². The van der Waals surface area contributed by atoms with E-state index in [2.05, 4.69) is 20.7 Å². The van der Waals surface area contributed by atoms with E-state index in [0.29, 0.717) is 43.3 Å². The van der Waals surface area contributed by atoms with E-state index in [1.165, 1.54) is 41.4 Å². The van der Waals surface area contributed by atoms with Crippen molar-refractivity contribution < 1.29 is 23.1 Å². The topological polar surface area (TPSA) is 98.1 Å². The normalized spacial score (nSPS) is 12.2. The van der Waals surface area contributed by atoms with Crippen LogP contribution in [0.4, 0.5) is 8.78 Å². The Labute approximate surface area is 208 Å². The van der Waals surface area contributed by atoms with Crippen molar-refractivity contribution in [1.82, 2.24) is 25.4 Å². The van der Waals surface area contributed by atoms with E-state index >= 15 is 0 Å². The van der Waals surface area contributed by atoms with E-state index in [4.69, 9.17) is 4.74 Å². The zero-order valence-corrected chi connectivity index (χ0v) is 20.0. The molecular formula is C25H21F2N5O3S. The fourth-order valence-corrected chi connectivity index (χ4v) is 5.17. The van der Waals surface area contributed by atoms with E-state index in [1.807, 2.05) is 12.1 Å². The van der Waals surface area contributed by atoms with Gasteiger partial charge in [0, 0.05) is 48.5 Å². The van der Waals surface area contributed by atoms with Gasteiger partial charge in [0.15, 0.2) is 11.6 Å². The standard InChI is InChI=1S/C25H21F2N5O3S/c1-14(33)28-7-8-29-25(34)16-2-4-18-21(10-16)35-9-6-15-11-22(36-23(15)18)24-30-13-31-32(24)20-5-3-17(26)12-19(20)27/h2-5,10-13H,6-9H2,1H3,(H,28,33)(H,29,34). The van der Waals surface area contributed by atoms with Crippen LogP contribution in [0.1, 0.15) is 22.8 Å². The molecule has 0 bridgehead atoms. The van der Waals surface area contributed by atoms with E-state index in [0.717, 1.165) is 26.9 Å². The summed E-state index contributed by atoms with van der Waals surface area (Å²) in [4.78, 5) is 29.6. The molecule has 0 radical (unpaired) electrons. The maximum Gasteiger partial charge on any atom is 0.251 e. The van der Waals surface area contributed by atoms with E-state index < -0.39 is 11.6 Å². The third-order valence-corrected chi connectivity index (χ3v) is 6.82. The summed E-state index contributed by atoms with van der Waals surface area (Å²) in [6.45, 7) is 2.49. The highest BCUT2D eigenvalue weighted by molar-refractivity contribution is 7.19. The van der Waals surface area contributed by atoms with Crippen LogP contribution >= 0.6 is 11.3 Å². The molecule has 0 fully saturated rings. The van der Waals surface area contributed by atoms with Gasteiger partial charge >= 0.3 is 0 Å². The molecule has 4 aromatic rings. The molecule has 2 N–H and O–H groups in total. The zero-order chi connectivity index (χ0) is 25.2. The summed E-state index contributed by atoms with van der Waals surface area (Å²) in [7, 11) is 0. The highest BCUT2D eigenvalue weighted by Crippen LogP contribution is 2.44. The molecule has 0 spiro atoms. The van der Waals surface area contributed by atoms with Gasteiger partial charge in [-0.3, -0.25) is 9.59 Å². The van der Waals surface area contributed by atoms with Crippen molar-refractivity contribution in [2.75, 3.05) is 19.7 Å². The molecule has 3 heterocycles. The number of hydrogen-bond donors (Lipinski definition) is 2. The van der Waals surface area contributed by atoms with Gasteiger partial charge < -0.3 is 15.4 Å². The second-order valence-electron chi connectivity index (χ2n) is 8.10. The van der Waals surface area contributed by atoms with E-state index in [-0.39, 0.29) is 17.5 Å². The minimum Gasteiger partial charge on any atom is -0.493 e. The van der Waals surface area contributed by atoms with Crippen LogP contribution in [0.15, 0.2) is 48.8 Å². The average Bonchev–Trinajstić information content (AvgIpc) is 3.45. The van der Waals surface area contributed by atoms with Gasteiger partial charge in [-0.25, -0.2) is 18.4 Å². The predicted molar refractivity (Wildman–Crippen MR) is 130 cm³/mol. The van der Waals surface area contributed by atoms with Gasteiger partial charge in [-0.2, -0.15) is 5.10 Å². The Morgan fingerprint density at radius 3 is 2.75 bits per heavy atom. The van der Waals surface area contributed by atoms with Gasteiger partial charge in [0.05, 0.1) is 11.5 Å². The number of thiophene rings is 1. The predicted octanol–water partition coefficient (Wildman–Crippen LogP) is 3.74. The quantitative estimate of drug-likeness (QED) is 0.386. The van der Waals surface area contributed by atoms with Crippen LogP contribution in [0.3, 0.4) is 0 Å². The molecule has 2 aromatic heterocycles. The number of nitrogens with zero attached hydrogens (tertiary/aromatic N) is 3. The van der Waals surface area contributed by atoms with Gasteiger partial charge in [-0.05, 0) is 42.0 Å². The van der Waals surface area contributed by atoms with Crippen LogP contribution in [-0.4, -0.2) is 46.3 Å². The monoisotopic (exact) mass is 509 g/mol. The van der Waals surface area contributed by atoms with Crippen molar-refractivity contribution in [3.63, 3.8) is 0 Å². The SMILES string of the molecule is CC(=O)NCCNC(=O)c1ccc2c(c1)OCCc1cc(-c3ncnn3-c3ccc(F)cc3F)sc1-2. The molecule has 0 saturated carbocycles. The third-order valence-electron chi connectivity index (χ3n) is 5.62. The Morgan fingerprint density at radius 1 is 1.11 bits per heavy atom. The lowest BCUT2D eigenvalue weighted by Crippen LogP contribution is -2.33. The summed E-state index contributed by atoms with van der Waals surface area (Å²) in [6.07, 6.45) is 1.97. The largest absolute Gasteiger partial charge is 0.493 e. The number of benzene rings is 2. The molecule has 36 heavy (non-hydrogen) atoms. The van der Waals surface area contributed by atoms with Gasteiger partial charge in [-0.1, -0.05) is 0 Å². The van der Waals surface area contributed by atoms with Crippen LogP contribution < -0.4 is 15.4 Å². The molecule has 2 amide bonds. The first kappa shape index (κ1) is 23.6. The molecular weight excluding hydrogens is 488 g/mol. The summed E-state index contributed by atoms with van der Waals surface area (Å²) in [5, 5.41) is 9.55. The fraction of sp³-hybridized carbons (Fsp3) is 0.200. The number of ether oxygens (including phenoxy) is 1. The van der Waals surface area contributed by atoms with Crippen molar-refractivity contribution >= 4 is 23.2 Å². The van der Waals surface area contributed by atoms with Crippen LogP contribution in [0.5, 0.6) is 5.75 Å². The number of fused-ring (bicyclic) bond motifs is 3. The number of hydrogen-bond acceptors (Lipinski definition) is 6. The average molecular weight is 510 g/mol. The minimum absolute atomic E-state index is 0.102. The highest BCUT2D eigenvalue weighted by Gasteiger charge is 2.23. The first-order valence-electron chi connectivity index (χ1n) is 11.2. The second kappa shape index (κ2) is 9.86. The van der Waals surface area contributed by atoms with Crippen molar-refractivity contribution in [1.29, 1.82) is 0 Å². The third kappa shape index (κ3) is 4.69. The highest BCUT2D eigenvalue weighted by atomic mass is 32.1. The number of aromatic nitrogens is 3. The van der Waals surface area contributed by atoms with Crippen molar-refractivity contribution in [2.24, 2.45) is 0 Å². The molecule has 0 unspecified atom stereocenters. The first-order chi connectivity index (χ1) is 17.4. The van der Waals surface area contributed by atoms with E-state index in [1.54, 1.807) is 12.1 Å². The minimum atomic E-state index is -0.735. The number of carbonyl (C=O) groups is 2. The number of amides is 2. The van der Waals surface area contributed by atoms with Crippen LogP contribution in [0, 0.1) is 11.6 Å². The molecule has 11 heteroatoms. The Morgan fingerprint density at radius 2 is 1.94 bits per heavy atom. The summed E-state index contributed by atoms with van der Waals surface area (Å²) >= 11 is 1.46. The summed E-state index contributed by atoms with van der Waals surface area (Å²) in [5.41, 5.74) is 2.43. The fourth-order valence-electron chi connectivity index (χ4n) is 3.95. The van der Waals surface area contributed by atoms with Crippen LogP contribution in [0.2, 0.25) is 0 Å². The Bertz CT molecular complexity index is 1470. The summed E-state index contributed by atoms with van der Waals surface area (Å²) in [6, 6.07) is 10.6. The smallest absolute Gasteiger partial charge is 0.251 e. The molecule has 2 aromatic carbocycles. The first-order valence-corrected chi connectivity index (χ1v) is 12.0. The summed E-state index contributed by atoms with van der Waals surface area (Å²) < 4.78 is 35.1. The number of nitrogens with one attached hydrogen (secondary N) is 2. The maximum absolute atomic E-state index is 14.4. The summed E-state index contributed by atoms with van der Waals surface area (Å²) in [5.74, 6) is -0.800. The molecule has 0 saturated heterocycles. The van der Waals surface area contributed by atoms with Crippen molar-refractivity contribution in [3.8, 4) is 32.6 Å². The molecule has 0 aliphatic carbocycles. The lowest BCUT2D eigenvalue weighted by atomic mass is 10.0. The molecule has 184 valence electrons. The van der Waals surface area contributed by atoms with Gasteiger partial charge in [0.2, 0.25) is 5.91 Å². The molecule has 1 aliphatic rings. The Balaban J connectivity index is 1.43. The molecule has 1 aliphatic heterocycles. The van der Waals surface area contributed by atoms with Crippen LogP contribution in [-0.2, 0) is 11.2 Å². The zero-order valence-electron chi connectivity index (χ0n) is 19.2. The Hall–Kier alpha value is -4.12. The lowest BCUT2D eigenvalue weighted by Gasteiger charge is -2.11. The Kier molecular flexibility index (Phi) is 6.47. The molecule has 8 nitrogen and oxygen atoms in total. The number of rotatable bonds is 6. The second-order valence-corrected chi connectivity index (χ2v) is 9.16. The number of halogens is 2. The maximum atomic E-state index is 14.4. The van der Waals surface area contributed by atoms with Gasteiger partial charge in [-0.15, -0.1) is 11.3 Å².